The number of nitrogens with one attached hydrogen (secondary N) is 1. The van der Waals surface area contributed by atoms with E-state index < -0.39 is 0 Å². The van der Waals surface area contributed by atoms with E-state index in [2.05, 4.69) is 43.3 Å². The van der Waals surface area contributed by atoms with Gasteiger partial charge >= 0.3 is 0 Å². The number of anilines is 1. The fourth-order valence-corrected chi connectivity index (χ4v) is 7.16. The van der Waals surface area contributed by atoms with Gasteiger partial charge in [-0.25, -0.2) is 15.0 Å². The number of nitrogens with zero attached hydrogens (tertiary/aromatic N) is 3. The third kappa shape index (κ3) is 5.91. The highest BCUT2D eigenvalue weighted by Gasteiger charge is 2.18. The maximum Gasteiger partial charge on any atom is 0.176 e. The van der Waals surface area contributed by atoms with Crippen molar-refractivity contribution < 1.29 is 4.42 Å². The molecule has 0 spiro atoms. The summed E-state index contributed by atoms with van der Waals surface area (Å²) >= 11 is 1.81. The number of nitrogen functional groups attached to an aromatic ring is 1. The highest BCUT2D eigenvalue weighted by Crippen LogP contribution is 2.40. The van der Waals surface area contributed by atoms with Gasteiger partial charge in [0.05, 0.1) is 5.69 Å². The molecule has 0 unspecified atom stereocenters. The molecule has 3 heterocycles. The monoisotopic (exact) mass is 665 g/mol. The Hall–Kier alpha value is -6.44. The van der Waals surface area contributed by atoms with Crippen molar-refractivity contribution in [2.24, 2.45) is 0 Å². The second kappa shape index (κ2) is 13.2. The molecule has 9 aromatic rings. The molecule has 6 aromatic carbocycles. The molecule has 0 amide bonds. The van der Waals surface area contributed by atoms with Crippen LogP contribution in [0.2, 0.25) is 0 Å². The number of nitrogens with two attached hydrogens (primary N) is 1. The molecule has 3 aromatic heterocycles. The standard InChI is InChI=1S/C28H19N3S.C15H12N2O/c1-18-15-16-23-22(17-18)25-21(13-8-14-24(25)32-23)28-30-26(19-9-4-2-5-10-19)29-27(31-28)20-11-6-3-7-12-20;16-13(10-6-2-1-3-7-10)15-14(17)11-8-4-5-9-12(11)18-15/h2-17H,1H3;1-9,16H,17H2. The van der Waals surface area contributed by atoms with E-state index in [4.69, 9.17) is 30.5 Å². The fraction of sp³-hybridized carbons (Fsp3) is 0.0233. The molecule has 0 saturated carbocycles. The van der Waals surface area contributed by atoms with Crippen molar-refractivity contribution in [3.8, 4) is 34.2 Å². The average molecular weight is 666 g/mol. The van der Waals surface area contributed by atoms with Crippen molar-refractivity contribution in [2.45, 2.75) is 6.92 Å². The second-order valence-corrected chi connectivity index (χ2v) is 13.0. The van der Waals surface area contributed by atoms with Crippen LogP contribution in [-0.4, -0.2) is 20.7 Å². The third-order valence-electron chi connectivity index (χ3n) is 8.51. The van der Waals surface area contributed by atoms with Crippen LogP contribution in [0, 0.1) is 12.3 Å². The molecule has 7 heteroatoms. The van der Waals surface area contributed by atoms with E-state index in [1.54, 1.807) is 0 Å². The maximum absolute atomic E-state index is 8.17. The number of aryl methyl sites for hydroxylation is 1. The summed E-state index contributed by atoms with van der Waals surface area (Å²) in [6.45, 7) is 2.13. The van der Waals surface area contributed by atoms with Crippen molar-refractivity contribution in [1.29, 1.82) is 5.41 Å². The molecule has 50 heavy (non-hydrogen) atoms. The molecule has 0 radical (unpaired) electrons. The zero-order valence-electron chi connectivity index (χ0n) is 27.2. The minimum atomic E-state index is 0.310. The maximum atomic E-state index is 8.17. The topological polar surface area (TPSA) is 102 Å². The van der Waals surface area contributed by atoms with Crippen molar-refractivity contribution in [3.05, 3.63) is 169 Å². The van der Waals surface area contributed by atoms with Gasteiger partial charge in [-0.05, 0) is 37.3 Å². The lowest BCUT2D eigenvalue weighted by molar-refractivity contribution is 0.606. The van der Waals surface area contributed by atoms with Gasteiger partial charge < -0.3 is 10.2 Å². The van der Waals surface area contributed by atoms with Crippen molar-refractivity contribution >= 4 is 53.9 Å². The highest BCUT2D eigenvalue weighted by atomic mass is 32.1. The Balaban J connectivity index is 0.000000170. The number of fused-ring (bicyclic) bond motifs is 4. The molecule has 0 aliphatic rings. The van der Waals surface area contributed by atoms with E-state index in [-0.39, 0.29) is 0 Å². The molecule has 9 rings (SSSR count). The number of furan rings is 1. The first-order valence-corrected chi connectivity index (χ1v) is 17.1. The van der Waals surface area contributed by atoms with Gasteiger partial charge in [0.15, 0.2) is 23.2 Å². The molecule has 0 bridgehead atoms. The van der Waals surface area contributed by atoms with Crippen LogP contribution in [-0.2, 0) is 0 Å². The Kier molecular flexibility index (Phi) is 8.16. The van der Waals surface area contributed by atoms with Crippen LogP contribution in [0.5, 0.6) is 0 Å². The summed E-state index contributed by atoms with van der Waals surface area (Å²) in [5.41, 5.74) is 12.6. The van der Waals surface area contributed by atoms with Crippen LogP contribution < -0.4 is 5.73 Å². The Morgan fingerprint density at radius 2 is 1.20 bits per heavy atom. The number of hydrogen-bond acceptors (Lipinski definition) is 7. The Morgan fingerprint density at radius 3 is 1.86 bits per heavy atom. The van der Waals surface area contributed by atoms with Gasteiger partial charge in [0.25, 0.3) is 0 Å². The fourth-order valence-electron chi connectivity index (χ4n) is 6.04. The zero-order valence-corrected chi connectivity index (χ0v) is 28.0. The minimum Gasteiger partial charge on any atom is -0.452 e. The summed E-state index contributed by atoms with van der Waals surface area (Å²) in [6, 6.07) is 50.2. The second-order valence-electron chi connectivity index (χ2n) is 11.9. The molecule has 3 N–H and O–H groups in total. The summed E-state index contributed by atoms with van der Waals surface area (Å²) in [7, 11) is 0. The Bertz CT molecular complexity index is 2570. The number of benzene rings is 6. The predicted octanol–water partition coefficient (Wildman–Crippen LogP) is 11.0. The van der Waals surface area contributed by atoms with Crippen LogP contribution in [0.1, 0.15) is 16.9 Å². The van der Waals surface area contributed by atoms with E-state index in [1.165, 1.54) is 25.7 Å². The molecule has 0 aliphatic heterocycles. The molecule has 0 saturated heterocycles. The van der Waals surface area contributed by atoms with E-state index >= 15 is 0 Å². The van der Waals surface area contributed by atoms with Gasteiger partial charge in [0, 0.05) is 47.8 Å². The van der Waals surface area contributed by atoms with E-state index in [0.29, 0.717) is 40.2 Å². The lowest BCUT2D eigenvalue weighted by Gasteiger charge is -2.09. The van der Waals surface area contributed by atoms with Crippen LogP contribution in [0.25, 0.3) is 65.3 Å². The van der Waals surface area contributed by atoms with Crippen LogP contribution in [0.3, 0.4) is 0 Å². The number of aromatic nitrogens is 3. The quantitative estimate of drug-likeness (QED) is 0.178. The summed E-state index contributed by atoms with van der Waals surface area (Å²) in [4.78, 5) is 14.7. The van der Waals surface area contributed by atoms with Gasteiger partial charge in [-0.3, -0.25) is 5.41 Å². The predicted molar refractivity (Wildman–Crippen MR) is 207 cm³/mol. The summed E-state index contributed by atoms with van der Waals surface area (Å²) in [5.74, 6) is 2.50. The summed E-state index contributed by atoms with van der Waals surface area (Å²) in [6.07, 6.45) is 0. The van der Waals surface area contributed by atoms with Crippen molar-refractivity contribution in [1.82, 2.24) is 15.0 Å². The van der Waals surface area contributed by atoms with Crippen LogP contribution in [0.15, 0.2) is 156 Å². The van der Waals surface area contributed by atoms with E-state index in [9.17, 15) is 0 Å². The zero-order chi connectivity index (χ0) is 34.0. The normalized spacial score (nSPS) is 11.1. The molecule has 0 aliphatic carbocycles. The smallest absolute Gasteiger partial charge is 0.176 e. The van der Waals surface area contributed by atoms with Crippen LogP contribution >= 0.6 is 11.3 Å². The van der Waals surface area contributed by atoms with Gasteiger partial charge in [0.2, 0.25) is 0 Å². The largest absolute Gasteiger partial charge is 0.452 e. The van der Waals surface area contributed by atoms with Crippen molar-refractivity contribution in [2.75, 3.05) is 5.73 Å². The molecule has 240 valence electrons. The minimum absolute atomic E-state index is 0.310. The molecular formula is C43H31N5OS. The van der Waals surface area contributed by atoms with Crippen molar-refractivity contribution in [3.63, 3.8) is 0 Å². The van der Waals surface area contributed by atoms with Gasteiger partial charge in [-0.1, -0.05) is 127 Å². The summed E-state index contributed by atoms with van der Waals surface area (Å²) < 4.78 is 8.18. The Labute approximate surface area is 293 Å². The molecular weight excluding hydrogens is 635 g/mol. The third-order valence-corrected chi connectivity index (χ3v) is 9.65. The first-order valence-electron chi connectivity index (χ1n) is 16.2. The molecule has 0 fully saturated rings. The lowest BCUT2D eigenvalue weighted by atomic mass is 10.0. The first-order chi connectivity index (χ1) is 24.5. The average Bonchev–Trinajstić information content (AvgIpc) is 3.72. The van der Waals surface area contributed by atoms with Gasteiger partial charge in [-0.15, -0.1) is 11.3 Å². The molecule has 0 atom stereocenters. The van der Waals surface area contributed by atoms with E-state index in [0.717, 1.165) is 27.6 Å². The van der Waals surface area contributed by atoms with Crippen LogP contribution in [0.4, 0.5) is 5.69 Å². The Morgan fingerprint density at radius 1 is 0.600 bits per heavy atom. The molecule has 6 nitrogen and oxygen atoms in total. The number of hydrogen-bond donors (Lipinski definition) is 2. The number of rotatable bonds is 5. The first kappa shape index (κ1) is 30.9. The van der Waals surface area contributed by atoms with Gasteiger partial charge in [-0.2, -0.15) is 0 Å². The van der Waals surface area contributed by atoms with Gasteiger partial charge in [0.1, 0.15) is 11.3 Å². The van der Waals surface area contributed by atoms with E-state index in [1.807, 2.05) is 127 Å². The summed E-state index contributed by atoms with van der Waals surface area (Å²) in [5, 5.41) is 11.5. The number of para-hydroxylation sites is 1. The SMILES string of the molecule is Cc1ccc2sc3cccc(-c4nc(-c5ccccc5)nc(-c5ccccc5)n4)c3c2c1.N=C(c1ccccc1)c1oc2ccccc2c1N. The number of thiophene rings is 1. The highest BCUT2D eigenvalue weighted by molar-refractivity contribution is 7.25. The lowest BCUT2D eigenvalue weighted by Crippen LogP contribution is -2.02.